The molecule has 1 aromatic carbocycles. The van der Waals surface area contributed by atoms with Gasteiger partial charge in [-0.2, -0.15) is 0 Å². The Balaban J connectivity index is 1.53. The fourth-order valence-corrected chi connectivity index (χ4v) is 3.95. The van der Waals surface area contributed by atoms with Crippen molar-refractivity contribution in [1.82, 2.24) is 10.2 Å². The normalized spacial score (nSPS) is 16.4. The molecule has 5 nitrogen and oxygen atoms in total. The lowest BCUT2D eigenvalue weighted by molar-refractivity contribution is 0.0888. The number of hydrogen-bond acceptors (Lipinski definition) is 4. The number of likely N-dealkylation sites (tertiary alicyclic amines) is 1. The third kappa shape index (κ3) is 3.69. The Morgan fingerprint density at radius 1 is 1.14 bits per heavy atom. The summed E-state index contributed by atoms with van der Waals surface area (Å²) in [5, 5.41) is 3.62. The van der Waals surface area contributed by atoms with Crippen molar-refractivity contribution in [3.63, 3.8) is 0 Å². The van der Waals surface area contributed by atoms with Crippen molar-refractivity contribution in [2.75, 3.05) is 19.6 Å². The highest BCUT2D eigenvalue weighted by Crippen LogP contribution is 2.28. The van der Waals surface area contributed by atoms with Crippen molar-refractivity contribution in [3.8, 4) is 0 Å². The molecule has 1 aliphatic heterocycles. The molecule has 1 atom stereocenters. The SMILES string of the molecule is Cc1ccc([C@@H](CNC(=O)c2oc3ccc(F)cc3c2C)N2CCCCC2)o1. The molecule has 1 aliphatic rings. The number of aryl methyl sites for hydroxylation is 2. The summed E-state index contributed by atoms with van der Waals surface area (Å²) in [4.78, 5) is 15.2. The highest BCUT2D eigenvalue weighted by atomic mass is 19.1. The van der Waals surface area contributed by atoms with Crippen LogP contribution in [0.2, 0.25) is 0 Å². The number of carbonyl (C=O) groups excluding carboxylic acids is 1. The molecular formula is C22H25FN2O3. The van der Waals surface area contributed by atoms with Crippen LogP contribution in [0.4, 0.5) is 4.39 Å². The number of benzene rings is 1. The minimum absolute atomic E-state index is 0.0138. The molecule has 1 N–H and O–H groups in total. The minimum Gasteiger partial charge on any atom is -0.465 e. The molecule has 3 aromatic rings. The summed E-state index contributed by atoms with van der Waals surface area (Å²) in [5.41, 5.74) is 1.16. The Hall–Kier alpha value is -2.60. The second-order valence-electron chi connectivity index (χ2n) is 7.47. The molecule has 1 amide bonds. The molecule has 6 heteroatoms. The first-order valence-electron chi connectivity index (χ1n) is 9.80. The number of nitrogens with zero attached hydrogens (tertiary/aromatic N) is 1. The van der Waals surface area contributed by atoms with Crippen LogP contribution in [-0.2, 0) is 0 Å². The number of furan rings is 2. The number of piperidine rings is 1. The maximum Gasteiger partial charge on any atom is 0.287 e. The van der Waals surface area contributed by atoms with Crippen LogP contribution in [-0.4, -0.2) is 30.4 Å². The van der Waals surface area contributed by atoms with Crippen LogP contribution in [0.3, 0.4) is 0 Å². The molecule has 2 aromatic heterocycles. The van der Waals surface area contributed by atoms with Crippen molar-refractivity contribution in [1.29, 1.82) is 0 Å². The van der Waals surface area contributed by atoms with Gasteiger partial charge in [-0.3, -0.25) is 9.69 Å². The Morgan fingerprint density at radius 3 is 2.64 bits per heavy atom. The lowest BCUT2D eigenvalue weighted by Gasteiger charge is -2.33. The molecule has 3 heterocycles. The lowest BCUT2D eigenvalue weighted by Crippen LogP contribution is -2.40. The van der Waals surface area contributed by atoms with Gasteiger partial charge in [0.2, 0.25) is 0 Å². The molecule has 4 rings (SSSR count). The second kappa shape index (κ2) is 7.80. The number of fused-ring (bicyclic) bond motifs is 1. The number of hydrogen-bond donors (Lipinski definition) is 1. The van der Waals surface area contributed by atoms with Gasteiger partial charge in [0.15, 0.2) is 5.76 Å². The van der Waals surface area contributed by atoms with Gasteiger partial charge in [-0.1, -0.05) is 6.42 Å². The number of halogens is 1. The van der Waals surface area contributed by atoms with Crippen LogP contribution in [0, 0.1) is 19.7 Å². The molecule has 28 heavy (non-hydrogen) atoms. The highest BCUT2D eigenvalue weighted by Gasteiger charge is 2.26. The first-order valence-corrected chi connectivity index (χ1v) is 9.80. The molecule has 0 aliphatic carbocycles. The molecular weight excluding hydrogens is 359 g/mol. The number of rotatable bonds is 5. The lowest BCUT2D eigenvalue weighted by atomic mass is 10.1. The predicted octanol–water partition coefficient (Wildman–Crippen LogP) is 4.74. The van der Waals surface area contributed by atoms with Gasteiger partial charge in [-0.05, 0) is 70.1 Å². The van der Waals surface area contributed by atoms with Crippen molar-refractivity contribution < 1.29 is 18.0 Å². The van der Waals surface area contributed by atoms with Gasteiger partial charge in [0.1, 0.15) is 22.9 Å². The van der Waals surface area contributed by atoms with E-state index in [0.717, 1.165) is 37.5 Å². The van der Waals surface area contributed by atoms with E-state index in [1.54, 1.807) is 13.0 Å². The summed E-state index contributed by atoms with van der Waals surface area (Å²) in [6.45, 7) is 6.10. The van der Waals surface area contributed by atoms with Crippen LogP contribution >= 0.6 is 0 Å². The fraction of sp³-hybridized carbons (Fsp3) is 0.409. The average molecular weight is 384 g/mol. The topological polar surface area (TPSA) is 58.6 Å². The molecule has 0 saturated carbocycles. The summed E-state index contributed by atoms with van der Waals surface area (Å²) < 4.78 is 25.1. The van der Waals surface area contributed by atoms with Crippen LogP contribution in [0.15, 0.2) is 39.2 Å². The van der Waals surface area contributed by atoms with E-state index >= 15 is 0 Å². The van der Waals surface area contributed by atoms with Gasteiger partial charge in [0, 0.05) is 17.5 Å². The Morgan fingerprint density at radius 2 is 1.93 bits per heavy atom. The van der Waals surface area contributed by atoms with Crippen LogP contribution in [0.25, 0.3) is 11.0 Å². The molecule has 148 valence electrons. The number of nitrogens with one attached hydrogen (secondary N) is 1. The smallest absolute Gasteiger partial charge is 0.287 e. The van der Waals surface area contributed by atoms with Crippen molar-refractivity contribution in [2.24, 2.45) is 0 Å². The first kappa shape index (κ1) is 18.7. The molecule has 0 radical (unpaired) electrons. The summed E-state index contributed by atoms with van der Waals surface area (Å²) in [5.74, 6) is 1.32. The van der Waals surface area contributed by atoms with Crippen LogP contribution in [0.1, 0.15) is 52.9 Å². The van der Waals surface area contributed by atoms with Crippen molar-refractivity contribution in [2.45, 2.75) is 39.2 Å². The van der Waals surface area contributed by atoms with E-state index in [2.05, 4.69) is 10.2 Å². The quantitative estimate of drug-likeness (QED) is 0.690. The largest absolute Gasteiger partial charge is 0.465 e. The highest BCUT2D eigenvalue weighted by molar-refractivity contribution is 5.98. The van der Waals surface area contributed by atoms with E-state index in [-0.39, 0.29) is 23.5 Å². The first-order chi connectivity index (χ1) is 13.5. The van der Waals surface area contributed by atoms with Crippen molar-refractivity contribution >= 4 is 16.9 Å². The zero-order valence-electron chi connectivity index (χ0n) is 16.3. The van der Waals surface area contributed by atoms with Gasteiger partial charge in [0.25, 0.3) is 5.91 Å². The van der Waals surface area contributed by atoms with Gasteiger partial charge in [-0.25, -0.2) is 4.39 Å². The van der Waals surface area contributed by atoms with E-state index in [0.29, 0.717) is 23.1 Å². The third-order valence-electron chi connectivity index (χ3n) is 5.48. The number of carbonyl (C=O) groups is 1. The van der Waals surface area contributed by atoms with E-state index in [1.165, 1.54) is 18.6 Å². The standard InChI is InChI=1S/C22H25FN2O3/c1-14-6-8-20(27-14)18(25-10-4-3-5-11-25)13-24-22(26)21-15(2)17-12-16(23)7-9-19(17)28-21/h6-9,12,18H,3-5,10-11,13H2,1-2H3,(H,24,26)/t18-/m1/s1. The van der Waals surface area contributed by atoms with E-state index in [4.69, 9.17) is 8.83 Å². The van der Waals surface area contributed by atoms with Gasteiger partial charge >= 0.3 is 0 Å². The summed E-state index contributed by atoms with van der Waals surface area (Å²) in [7, 11) is 0. The van der Waals surface area contributed by atoms with Crippen LogP contribution < -0.4 is 5.32 Å². The van der Waals surface area contributed by atoms with E-state index in [9.17, 15) is 9.18 Å². The molecule has 1 fully saturated rings. The summed E-state index contributed by atoms with van der Waals surface area (Å²) in [6, 6.07) is 8.20. The Labute approximate surface area is 163 Å². The monoisotopic (exact) mass is 384 g/mol. The molecule has 0 unspecified atom stereocenters. The van der Waals surface area contributed by atoms with E-state index < -0.39 is 0 Å². The molecule has 1 saturated heterocycles. The van der Waals surface area contributed by atoms with E-state index in [1.807, 2.05) is 19.1 Å². The third-order valence-corrected chi connectivity index (χ3v) is 5.48. The average Bonchev–Trinajstić information content (AvgIpc) is 3.26. The Bertz CT molecular complexity index is 985. The van der Waals surface area contributed by atoms with Crippen LogP contribution in [0.5, 0.6) is 0 Å². The Kier molecular flexibility index (Phi) is 5.22. The second-order valence-corrected chi connectivity index (χ2v) is 7.47. The summed E-state index contributed by atoms with van der Waals surface area (Å²) >= 11 is 0. The zero-order valence-corrected chi connectivity index (χ0v) is 16.3. The number of amides is 1. The maximum absolute atomic E-state index is 13.5. The van der Waals surface area contributed by atoms with Gasteiger partial charge in [0.05, 0.1) is 6.04 Å². The van der Waals surface area contributed by atoms with Crippen molar-refractivity contribution in [3.05, 3.63) is 59.0 Å². The predicted molar refractivity (Wildman–Crippen MR) is 105 cm³/mol. The summed E-state index contributed by atoms with van der Waals surface area (Å²) in [6.07, 6.45) is 3.54. The zero-order chi connectivity index (χ0) is 19.7. The molecule has 0 bridgehead atoms. The maximum atomic E-state index is 13.5. The van der Waals surface area contributed by atoms with Gasteiger partial charge < -0.3 is 14.2 Å². The van der Waals surface area contributed by atoms with Gasteiger partial charge in [-0.15, -0.1) is 0 Å². The molecule has 0 spiro atoms. The fourth-order valence-electron chi connectivity index (χ4n) is 3.95. The minimum atomic E-state index is -0.346.